The monoisotopic (exact) mass is 301 g/mol. The minimum atomic E-state index is -0.854. The fourth-order valence-corrected chi connectivity index (χ4v) is 1.97. The van der Waals surface area contributed by atoms with E-state index >= 15 is 0 Å². The van der Waals surface area contributed by atoms with Crippen LogP contribution in [-0.4, -0.2) is 22.4 Å². The molecule has 1 aromatic carbocycles. The van der Waals surface area contributed by atoms with Gasteiger partial charge >= 0.3 is 0 Å². The predicted molar refractivity (Wildman–Crippen MR) is 78.0 cm³/mol. The summed E-state index contributed by atoms with van der Waals surface area (Å²) >= 11 is 0. The van der Waals surface area contributed by atoms with E-state index in [1.54, 1.807) is 10.7 Å². The van der Waals surface area contributed by atoms with Crippen molar-refractivity contribution in [3.05, 3.63) is 42.1 Å². The fourth-order valence-electron chi connectivity index (χ4n) is 1.97. The molecule has 0 bridgehead atoms. The third kappa shape index (κ3) is 4.02. The lowest BCUT2D eigenvalue weighted by Gasteiger charge is -2.11. The molecule has 0 unspecified atom stereocenters. The van der Waals surface area contributed by atoms with Crippen molar-refractivity contribution < 1.29 is 8.78 Å². The lowest BCUT2D eigenvalue weighted by atomic mass is 10.1. The summed E-state index contributed by atoms with van der Waals surface area (Å²) in [6.07, 6.45) is 1.84. The Labute approximate surface area is 123 Å². The molecule has 0 radical (unpaired) electrons. The maximum Gasteiger partial charge on any atom is 0.159 e. The largest absolute Gasteiger partial charge is 0.313 e. The summed E-state index contributed by atoms with van der Waals surface area (Å²) < 4.78 is 27.8. The number of hydrogen-bond donors (Lipinski definition) is 1. The van der Waals surface area contributed by atoms with Crippen molar-refractivity contribution in [2.24, 2.45) is 0 Å². The standard InChI is InChI=1S/C14H17F2N3.ClH/c1-3-17-10(2)9-19-7-6-14(18-19)11-4-5-12(15)13(16)8-11;/h4-8,10,17H,3,9H2,1-2H3;1H/t10-;/m0./s1. The second-order valence-corrected chi connectivity index (χ2v) is 4.51. The SMILES string of the molecule is CCN[C@@H](C)Cn1ccc(-c2ccc(F)c(F)c2)n1.Cl. The van der Waals surface area contributed by atoms with Gasteiger partial charge in [-0.15, -0.1) is 12.4 Å². The van der Waals surface area contributed by atoms with Crippen LogP contribution >= 0.6 is 12.4 Å². The van der Waals surface area contributed by atoms with Crippen LogP contribution in [0, 0.1) is 11.6 Å². The maximum absolute atomic E-state index is 13.2. The molecule has 0 saturated carbocycles. The van der Waals surface area contributed by atoms with Crippen LogP contribution in [0.5, 0.6) is 0 Å². The van der Waals surface area contributed by atoms with Crippen LogP contribution in [0.25, 0.3) is 11.3 Å². The average molecular weight is 302 g/mol. The first-order valence-electron chi connectivity index (χ1n) is 6.32. The van der Waals surface area contributed by atoms with E-state index in [2.05, 4.69) is 17.3 Å². The molecule has 1 heterocycles. The third-order valence-electron chi connectivity index (χ3n) is 2.87. The molecular weight excluding hydrogens is 284 g/mol. The lowest BCUT2D eigenvalue weighted by molar-refractivity contribution is 0.462. The number of hydrogen-bond acceptors (Lipinski definition) is 2. The first-order chi connectivity index (χ1) is 9.10. The van der Waals surface area contributed by atoms with E-state index in [0.29, 0.717) is 17.3 Å². The van der Waals surface area contributed by atoms with Gasteiger partial charge in [0.1, 0.15) is 0 Å². The molecule has 0 amide bonds. The smallest absolute Gasteiger partial charge is 0.159 e. The van der Waals surface area contributed by atoms with Gasteiger partial charge in [0.05, 0.1) is 12.2 Å². The highest BCUT2D eigenvalue weighted by Crippen LogP contribution is 2.19. The third-order valence-corrected chi connectivity index (χ3v) is 2.87. The number of aromatic nitrogens is 2. The molecule has 1 atom stereocenters. The van der Waals surface area contributed by atoms with E-state index in [-0.39, 0.29) is 12.4 Å². The molecule has 0 aliphatic carbocycles. The van der Waals surface area contributed by atoms with Crippen LogP contribution in [0.4, 0.5) is 8.78 Å². The zero-order chi connectivity index (χ0) is 13.8. The Morgan fingerprint density at radius 2 is 2.00 bits per heavy atom. The van der Waals surface area contributed by atoms with Gasteiger partial charge in [-0.3, -0.25) is 4.68 Å². The molecule has 0 spiro atoms. The molecule has 0 saturated heterocycles. The first kappa shape index (κ1) is 16.6. The Bertz CT molecular complexity index is 557. The molecule has 110 valence electrons. The second kappa shape index (κ2) is 7.36. The highest BCUT2D eigenvalue weighted by atomic mass is 35.5. The second-order valence-electron chi connectivity index (χ2n) is 4.51. The maximum atomic E-state index is 13.2. The van der Waals surface area contributed by atoms with Crippen molar-refractivity contribution in [1.82, 2.24) is 15.1 Å². The summed E-state index contributed by atoms with van der Waals surface area (Å²) in [6, 6.07) is 5.91. The molecule has 2 rings (SSSR count). The molecule has 0 aliphatic heterocycles. The van der Waals surface area contributed by atoms with Crippen molar-refractivity contribution in [3.8, 4) is 11.3 Å². The van der Waals surface area contributed by atoms with Gasteiger partial charge < -0.3 is 5.32 Å². The van der Waals surface area contributed by atoms with Crippen LogP contribution in [0.3, 0.4) is 0 Å². The van der Waals surface area contributed by atoms with Crippen molar-refractivity contribution in [1.29, 1.82) is 0 Å². The number of benzene rings is 1. The van der Waals surface area contributed by atoms with Crippen LogP contribution < -0.4 is 5.32 Å². The molecule has 1 aromatic heterocycles. The van der Waals surface area contributed by atoms with Gasteiger partial charge in [-0.05, 0) is 37.7 Å². The van der Waals surface area contributed by atoms with Crippen LogP contribution in [-0.2, 0) is 6.54 Å². The summed E-state index contributed by atoms with van der Waals surface area (Å²) in [5.74, 6) is -1.70. The number of likely N-dealkylation sites (N-methyl/N-ethyl adjacent to an activating group) is 1. The molecule has 20 heavy (non-hydrogen) atoms. The van der Waals surface area contributed by atoms with E-state index in [9.17, 15) is 8.78 Å². The van der Waals surface area contributed by atoms with Crippen molar-refractivity contribution >= 4 is 12.4 Å². The summed E-state index contributed by atoms with van der Waals surface area (Å²) in [4.78, 5) is 0. The molecule has 6 heteroatoms. The molecule has 0 fully saturated rings. The van der Waals surface area contributed by atoms with Gasteiger partial charge in [0.2, 0.25) is 0 Å². The van der Waals surface area contributed by atoms with E-state index in [1.807, 2.05) is 13.1 Å². The minimum Gasteiger partial charge on any atom is -0.313 e. The summed E-state index contributed by atoms with van der Waals surface area (Å²) in [7, 11) is 0. The van der Waals surface area contributed by atoms with Crippen molar-refractivity contribution in [2.45, 2.75) is 26.4 Å². The minimum absolute atomic E-state index is 0. The topological polar surface area (TPSA) is 29.9 Å². The molecule has 1 N–H and O–H groups in total. The Morgan fingerprint density at radius 1 is 1.25 bits per heavy atom. The van der Waals surface area contributed by atoms with Crippen LogP contribution in [0.15, 0.2) is 30.5 Å². The van der Waals surface area contributed by atoms with E-state index < -0.39 is 11.6 Å². The Morgan fingerprint density at radius 3 is 2.65 bits per heavy atom. The van der Waals surface area contributed by atoms with Crippen LogP contribution in [0.2, 0.25) is 0 Å². The van der Waals surface area contributed by atoms with Gasteiger partial charge in [-0.25, -0.2) is 8.78 Å². The molecule has 2 aromatic rings. The highest BCUT2D eigenvalue weighted by Gasteiger charge is 2.08. The van der Waals surface area contributed by atoms with Crippen molar-refractivity contribution in [2.75, 3.05) is 6.54 Å². The van der Waals surface area contributed by atoms with E-state index in [0.717, 1.165) is 25.2 Å². The van der Waals surface area contributed by atoms with Gasteiger partial charge in [0.25, 0.3) is 0 Å². The van der Waals surface area contributed by atoms with Gasteiger partial charge in [0, 0.05) is 17.8 Å². The number of rotatable bonds is 5. The van der Waals surface area contributed by atoms with E-state index in [4.69, 9.17) is 0 Å². The fraction of sp³-hybridized carbons (Fsp3) is 0.357. The predicted octanol–water partition coefficient (Wildman–Crippen LogP) is 3.25. The van der Waals surface area contributed by atoms with Gasteiger partial charge in [-0.2, -0.15) is 5.10 Å². The quantitative estimate of drug-likeness (QED) is 0.919. The summed E-state index contributed by atoms with van der Waals surface area (Å²) in [5.41, 5.74) is 1.22. The summed E-state index contributed by atoms with van der Waals surface area (Å²) in [6.45, 7) is 5.75. The summed E-state index contributed by atoms with van der Waals surface area (Å²) in [5, 5.41) is 7.65. The zero-order valence-corrected chi connectivity index (χ0v) is 12.3. The Balaban J connectivity index is 0.00000200. The normalized spacial score (nSPS) is 12.0. The lowest BCUT2D eigenvalue weighted by Crippen LogP contribution is -2.30. The Hall–Kier alpha value is -1.46. The average Bonchev–Trinajstić information content (AvgIpc) is 2.81. The first-order valence-corrected chi connectivity index (χ1v) is 6.32. The van der Waals surface area contributed by atoms with Gasteiger partial charge in [-0.1, -0.05) is 6.92 Å². The van der Waals surface area contributed by atoms with Crippen molar-refractivity contribution in [3.63, 3.8) is 0 Å². The molecule has 3 nitrogen and oxygen atoms in total. The molecular formula is C14H18ClF2N3. The van der Waals surface area contributed by atoms with Gasteiger partial charge in [0.15, 0.2) is 11.6 Å². The zero-order valence-electron chi connectivity index (χ0n) is 11.4. The highest BCUT2D eigenvalue weighted by molar-refractivity contribution is 5.85. The number of halogens is 3. The number of nitrogens with one attached hydrogen (secondary N) is 1. The molecule has 0 aliphatic rings. The van der Waals surface area contributed by atoms with Crippen LogP contribution in [0.1, 0.15) is 13.8 Å². The Kier molecular flexibility index (Phi) is 6.10. The van der Waals surface area contributed by atoms with E-state index in [1.165, 1.54) is 6.07 Å². The number of nitrogens with zero attached hydrogens (tertiary/aromatic N) is 2.